The highest BCUT2D eigenvalue weighted by atomic mass is 16.6. The van der Waals surface area contributed by atoms with Crippen LogP contribution in [0.5, 0.6) is 0 Å². The summed E-state index contributed by atoms with van der Waals surface area (Å²) < 4.78 is 15.6. The van der Waals surface area contributed by atoms with Crippen molar-refractivity contribution in [1.82, 2.24) is 0 Å². The minimum atomic E-state index is -1.24. The van der Waals surface area contributed by atoms with Gasteiger partial charge in [0.15, 0.2) is 5.41 Å². The zero-order chi connectivity index (χ0) is 15.4. The number of esters is 2. The van der Waals surface area contributed by atoms with E-state index in [2.05, 4.69) is 6.92 Å². The highest BCUT2D eigenvalue weighted by Gasteiger charge is 2.46. The molecule has 5 nitrogen and oxygen atoms in total. The number of unbranched alkanes of at least 4 members (excludes halogenated alkanes) is 1. The summed E-state index contributed by atoms with van der Waals surface area (Å²) in [5.74, 6) is -1.03. The fourth-order valence-corrected chi connectivity index (χ4v) is 1.89. The average molecular weight is 288 g/mol. The molecule has 20 heavy (non-hydrogen) atoms. The van der Waals surface area contributed by atoms with Crippen LogP contribution >= 0.6 is 0 Å². The van der Waals surface area contributed by atoms with Crippen molar-refractivity contribution >= 4 is 11.9 Å². The SMILES string of the molecule is CCCCOCCC(CC)(C(=O)OCC)C(=O)OCC. The molecule has 0 saturated heterocycles. The van der Waals surface area contributed by atoms with Crippen molar-refractivity contribution in [3.8, 4) is 0 Å². The van der Waals surface area contributed by atoms with Gasteiger partial charge in [0.1, 0.15) is 0 Å². The summed E-state index contributed by atoms with van der Waals surface area (Å²) in [4.78, 5) is 24.3. The maximum Gasteiger partial charge on any atom is 0.323 e. The molecule has 0 aliphatic carbocycles. The van der Waals surface area contributed by atoms with Crippen LogP contribution in [0.1, 0.15) is 53.4 Å². The lowest BCUT2D eigenvalue weighted by molar-refractivity contribution is -0.174. The summed E-state index contributed by atoms with van der Waals surface area (Å²) >= 11 is 0. The first-order valence-electron chi connectivity index (χ1n) is 7.51. The molecule has 0 aliphatic rings. The van der Waals surface area contributed by atoms with Gasteiger partial charge < -0.3 is 14.2 Å². The smallest absolute Gasteiger partial charge is 0.323 e. The van der Waals surface area contributed by atoms with Crippen molar-refractivity contribution in [2.45, 2.75) is 53.4 Å². The second kappa shape index (κ2) is 10.7. The summed E-state index contributed by atoms with van der Waals surface area (Å²) in [7, 11) is 0. The third-order valence-electron chi connectivity index (χ3n) is 3.25. The molecule has 0 aromatic rings. The summed E-state index contributed by atoms with van der Waals surface area (Å²) in [5, 5.41) is 0. The molecule has 0 heterocycles. The molecule has 0 aliphatic heterocycles. The molecule has 0 unspecified atom stereocenters. The zero-order valence-corrected chi connectivity index (χ0v) is 13.2. The van der Waals surface area contributed by atoms with Gasteiger partial charge in [-0.2, -0.15) is 0 Å². The van der Waals surface area contributed by atoms with Crippen LogP contribution in [0.2, 0.25) is 0 Å². The van der Waals surface area contributed by atoms with Crippen molar-refractivity contribution in [3.63, 3.8) is 0 Å². The monoisotopic (exact) mass is 288 g/mol. The van der Waals surface area contributed by atoms with Crippen LogP contribution in [0.15, 0.2) is 0 Å². The number of carbonyl (C=O) groups is 2. The molecule has 5 heteroatoms. The van der Waals surface area contributed by atoms with Crippen molar-refractivity contribution in [2.24, 2.45) is 5.41 Å². The molecule has 0 radical (unpaired) electrons. The van der Waals surface area contributed by atoms with Crippen molar-refractivity contribution in [3.05, 3.63) is 0 Å². The first-order chi connectivity index (χ1) is 9.58. The van der Waals surface area contributed by atoms with E-state index in [1.165, 1.54) is 0 Å². The molecule has 0 amide bonds. The third kappa shape index (κ3) is 5.49. The Morgan fingerprint density at radius 2 is 1.45 bits per heavy atom. The van der Waals surface area contributed by atoms with Gasteiger partial charge >= 0.3 is 11.9 Å². The third-order valence-corrected chi connectivity index (χ3v) is 3.25. The first kappa shape index (κ1) is 18.9. The lowest BCUT2D eigenvalue weighted by Gasteiger charge is -2.27. The number of hydrogen-bond acceptors (Lipinski definition) is 5. The van der Waals surface area contributed by atoms with Gasteiger partial charge in [-0.3, -0.25) is 9.59 Å². The average Bonchev–Trinajstić information content (AvgIpc) is 2.43. The lowest BCUT2D eigenvalue weighted by atomic mass is 9.82. The van der Waals surface area contributed by atoms with Gasteiger partial charge in [-0.05, 0) is 33.1 Å². The Bertz CT molecular complexity index is 270. The van der Waals surface area contributed by atoms with Crippen LogP contribution in [0.25, 0.3) is 0 Å². The molecule has 0 atom stereocenters. The van der Waals surface area contributed by atoms with Crippen LogP contribution in [0, 0.1) is 5.41 Å². The molecular weight excluding hydrogens is 260 g/mol. The Morgan fingerprint density at radius 3 is 1.85 bits per heavy atom. The molecule has 0 aromatic heterocycles. The summed E-state index contributed by atoms with van der Waals surface area (Å²) in [6, 6.07) is 0. The lowest BCUT2D eigenvalue weighted by Crippen LogP contribution is -2.42. The highest BCUT2D eigenvalue weighted by molar-refractivity contribution is 6.00. The number of hydrogen-bond donors (Lipinski definition) is 0. The molecule has 0 bridgehead atoms. The van der Waals surface area contributed by atoms with Crippen LogP contribution in [0.3, 0.4) is 0 Å². The quantitative estimate of drug-likeness (QED) is 0.332. The Morgan fingerprint density at radius 1 is 0.900 bits per heavy atom. The molecule has 0 aromatic carbocycles. The van der Waals surface area contributed by atoms with Gasteiger partial charge in [-0.15, -0.1) is 0 Å². The van der Waals surface area contributed by atoms with Gasteiger partial charge in [0.2, 0.25) is 0 Å². The largest absolute Gasteiger partial charge is 0.465 e. The van der Waals surface area contributed by atoms with Crippen molar-refractivity contribution in [2.75, 3.05) is 26.4 Å². The molecular formula is C15H28O5. The van der Waals surface area contributed by atoms with Crippen molar-refractivity contribution < 1.29 is 23.8 Å². The van der Waals surface area contributed by atoms with E-state index in [1.807, 2.05) is 0 Å². The maximum absolute atomic E-state index is 12.2. The van der Waals surface area contributed by atoms with Crippen LogP contribution < -0.4 is 0 Å². The summed E-state index contributed by atoms with van der Waals surface area (Å²) in [6.07, 6.45) is 2.67. The van der Waals surface area contributed by atoms with E-state index < -0.39 is 17.4 Å². The van der Waals surface area contributed by atoms with Gasteiger partial charge in [0.05, 0.1) is 13.2 Å². The molecule has 0 N–H and O–H groups in total. The Kier molecular flexibility index (Phi) is 10.1. The molecule has 0 rings (SSSR count). The Labute approximate surface area is 122 Å². The normalized spacial score (nSPS) is 11.2. The van der Waals surface area contributed by atoms with Crippen molar-refractivity contribution in [1.29, 1.82) is 0 Å². The van der Waals surface area contributed by atoms with Crippen LogP contribution in [-0.4, -0.2) is 38.4 Å². The standard InChI is InChI=1S/C15H28O5/c1-5-9-11-18-12-10-15(6-2,13(16)19-7-3)14(17)20-8-4/h5-12H2,1-4H3. The minimum absolute atomic E-state index is 0.247. The molecule has 0 fully saturated rings. The van der Waals surface area contributed by atoms with E-state index in [0.29, 0.717) is 26.1 Å². The Hall–Kier alpha value is -1.10. The fraction of sp³-hybridized carbons (Fsp3) is 0.867. The summed E-state index contributed by atoms with van der Waals surface area (Å²) in [5.41, 5.74) is -1.24. The predicted molar refractivity (Wildman–Crippen MR) is 76.3 cm³/mol. The van der Waals surface area contributed by atoms with Gasteiger partial charge in [-0.25, -0.2) is 0 Å². The van der Waals surface area contributed by atoms with Crippen LogP contribution in [-0.2, 0) is 23.8 Å². The minimum Gasteiger partial charge on any atom is -0.465 e. The first-order valence-corrected chi connectivity index (χ1v) is 7.51. The van der Waals surface area contributed by atoms with Crippen LogP contribution in [0.4, 0.5) is 0 Å². The van der Waals surface area contributed by atoms with E-state index in [9.17, 15) is 9.59 Å². The topological polar surface area (TPSA) is 61.8 Å². The number of rotatable bonds is 11. The van der Waals surface area contributed by atoms with Gasteiger partial charge in [-0.1, -0.05) is 20.3 Å². The summed E-state index contributed by atoms with van der Waals surface area (Å²) in [6.45, 7) is 8.81. The van der Waals surface area contributed by atoms with E-state index in [-0.39, 0.29) is 13.2 Å². The second-order valence-electron chi connectivity index (χ2n) is 4.59. The fourth-order valence-electron chi connectivity index (χ4n) is 1.89. The predicted octanol–water partition coefficient (Wildman–Crippen LogP) is 2.72. The number of ether oxygens (including phenoxy) is 3. The van der Waals surface area contributed by atoms with Gasteiger partial charge in [0.25, 0.3) is 0 Å². The van der Waals surface area contributed by atoms with E-state index in [4.69, 9.17) is 14.2 Å². The highest BCUT2D eigenvalue weighted by Crippen LogP contribution is 2.30. The second-order valence-corrected chi connectivity index (χ2v) is 4.59. The maximum atomic E-state index is 12.2. The molecule has 0 saturated carbocycles. The Balaban J connectivity index is 4.74. The van der Waals surface area contributed by atoms with E-state index in [1.54, 1.807) is 20.8 Å². The molecule has 0 spiro atoms. The zero-order valence-electron chi connectivity index (χ0n) is 13.2. The number of carbonyl (C=O) groups excluding carboxylic acids is 2. The van der Waals surface area contributed by atoms with Gasteiger partial charge in [0, 0.05) is 13.2 Å². The van der Waals surface area contributed by atoms with E-state index in [0.717, 1.165) is 12.8 Å². The van der Waals surface area contributed by atoms with E-state index >= 15 is 0 Å². The molecule has 118 valence electrons.